The van der Waals surface area contributed by atoms with E-state index in [0.717, 1.165) is 122 Å². The number of allylic oxidation sites excluding steroid dienone is 10. The van der Waals surface area contributed by atoms with Gasteiger partial charge in [0.15, 0.2) is 6.10 Å². The third-order valence-corrected chi connectivity index (χ3v) is 10.3. The van der Waals surface area contributed by atoms with Crippen LogP contribution in [0.1, 0.15) is 233 Å². The smallest absolute Gasteiger partial charge is 0.306 e. The first-order valence-electron chi connectivity index (χ1n) is 24.3. The molecule has 0 aliphatic rings. The number of hydrogen-bond donors (Lipinski definition) is 0. The lowest BCUT2D eigenvalue weighted by Gasteiger charge is -2.18. The minimum atomic E-state index is -0.785. The first kappa shape index (κ1) is 55.1. The topological polar surface area (TPSA) is 78.9 Å². The van der Waals surface area contributed by atoms with E-state index in [-0.39, 0.29) is 31.1 Å². The Morgan fingerprint density at radius 1 is 0.362 bits per heavy atom. The van der Waals surface area contributed by atoms with Crippen molar-refractivity contribution in [3.05, 3.63) is 60.8 Å². The molecule has 0 aromatic carbocycles. The van der Waals surface area contributed by atoms with Crippen LogP contribution in [0.15, 0.2) is 60.8 Å². The molecule has 6 heteroatoms. The van der Waals surface area contributed by atoms with Crippen molar-refractivity contribution in [3.63, 3.8) is 0 Å². The average Bonchev–Trinajstić information content (AvgIpc) is 3.22. The van der Waals surface area contributed by atoms with Crippen molar-refractivity contribution in [2.45, 2.75) is 239 Å². The normalized spacial score (nSPS) is 12.5. The fourth-order valence-corrected chi connectivity index (χ4v) is 6.59. The van der Waals surface area contributed by atoms with E-state index < -0.39 is 6.10 Å². The number of hydrogen-bond acceptors (Lipinski definition) is 6. The van der Waals surface area contributed by atoms with E-state index in [1.54, 1.807) is 0 Å². The van der Waals surface area contributed by atoms with Gasteiger partial charge in [0.05, 0.1) is 0 Å². The molecule has 0 saturated carbocycles. The monoisotopic (exact) mass is 811 g/mol. The molecule has 0 radical (unpaired) electrons. The van der Waals surface area contributed by atoms with Crippen LogP contribution in [0.25, 0.3) is 0 Å². The molecule has 0 N–H and O–H groups in total. The third-order valence-electron chi connectivity index (χ3n) is 10.3. The Labute approximate surface area is 358 Å². The second kappa shape index (κ2) is 46.8. The first-order chi connectivity index (χ1) is 28.5. The van der Waals surface area contributed by atoms with Crippen LogP contribution < -0.4 is 0 Å². The van der Waals surface area contributed by atoms with Crippen molar-refractivity contribution in [1.82, 2.24) is 0 Å². The van der Waals surface area contributed by atoms with Gasteiger partial charge in [-0.2, -0.15) is 0 Å². The molecule has 0 spiro atoms. The van der Waals surface area contributed by atoms with Gasteiger partial charge >= 0.3 is 17.9 Å². The van der Waals surface area contributed by atoms with Crippen molar-refractivity contribution in [3.8, 4) is 0 Å². The van der Waals surface area contributed by atoms with Gasteiger partial charge < -0.3 is 14.2 Å². The van der Waals surface area contributed by atoms with E-state index in [9.17, 15) is 14.4 Å². The lowest BCUT2D eigenvalue weighted by atomic mass is 10.1. The zero-order valence-corrected chi connectivity index (χ0v) is 38.0. The quantitative estimate of drug-likeness (QED) is 0.0264. The lowest BCUT2D eigenvalue weighted by Crippen LogP contribution is -2.30. The van der Waals surface area contributed by atoms with E-state index in [0.29, 0.717) is 19.3 Å². The Morgan fingerprint density at radius 2 is 0.690 bits per heavy atom. The molecule has 0 amide bonds. The molecule has 0 unspecified atom stereocenters. The van der Waals surface area contributed by atoms with E-state index in [1.807, 2.05) is 0 Å². The number of ether oxygens (including phenoxy) is 3. The summed E-state index contributed by atoms with van der Waals surface area (Å²) in [6.45, 7) is 6.45. The fourth-order valence-electron chi connectivity index (χ4n) is 6.59. The summed E-state index contributed by atoms with van der Waals surface area (Å²) >= 11 is 0. The summed E-state index contributed by atoms with van der Waals surface area (Å²) in [4.78, 5) is 37.8. The molecule has 1 atom stereocenters. The Kier molecular flexibility index (Phi) is 44.5. The summed E-state index contributed by atoms with van der Waals surface area (Å²) in [7, 11) is 0. The molecule has 0 aromatic heterocycles. The zero-order valence-electron chi connectivity index (χ0n) is 38.0. The molecular weight excluding hydrogens is 721 g/mol. The number of carbonyl (C=O) groups excluding carboxylic acids is 3. The van der Waals surface area contributed by atoms with Gasteiger partial charge in [-0.15, -0.1) is 0 Å². The van der Waals surface area contributed by atoms with Crippen LogP contribution >= 0.6 is 0 Å². The summed E-state index contributed by atoms with van der Waals surface area (Å²) < 4.78 is 16.7. The van der Waals surface area contributed by atoms with Crippen LogP contribution in [0.2, 0.25) is 0 Å². The zero-order chi connectivity index (χ0) is 42.3. The van der Waals surface area contributed by atoms with Gasteiger partial charge in [-0.1, -0.05) is 197 Å². The Balaban J connectivity index is 4.42. The van der Waals surface area contributed by atoms with Crippen molar-refractivity contribution in [2.75, 3.05) is 13.2 Å². The van der Waals surface area contributed by atoms with Crippen LogP contribution in [0.4, 0.5) is 0 Å². The third kappa shape index (κ3) is 44.2. The molecule has 0 aliphatic carbocycles. The van der Waals surface area contributed by atoms with Crippen molar-refractivity contribution in [1.29, 1.82) is 0 Å². The molecule has 0 aliphatic heterocycles. The average molecular weight is 811 g/mol. The SMILES string of the molecule is CC/C=C\C/C=C\C/C=C\CCCCCCCC(=O)OC[C@@H](COC(=O)CCCCCCCCCCCCC)OC(=O)CCCCCCC/C=C\C/C=C\CCCC. The van der Waals surface area contributed by atoms with Gasteiger partial charge in [0.1, 0.15) is 13.2 Å². The minimum absolute atomic E-state index is 0.0844. The van der Waals surface area contributed by atoms with Crippen molar-refractivity contribution >= 4 is 17.9 Å². The number of unbranched alkanes of at least 4 members (excludes halogenated alkanes) is 22. The summed E-state index contributed by atoms with van der Waals surface area (Å²) in [5.74, 6) is -0.916. The van der Waals surface area contributed by atoms with E-state index in [2.05, 4.69) is 81.5 Å². The molecule has 0 saturated heterocycles. The maximum Gasteiger partial charge on any atom is 0.306 e. The van der Waals surface area contributed by atoms with Crippen LogP contribution in [-0.2, 0) is 28.6 Å². The number of esters is 3. The summed E-state index contributed by atoms with van der Waals surface area (Å²) in [5, 5.41) is 0. The highest BCUT2D eigenvalue weighted by Gasteiger charge is 2.19. The maximum atomic E-state index is 12.7. The minimum Gasteiger partial charge on any atom is -0.462 e. The molecule has 0 rings (SSSR count). The van der Waals surface area contributed by atoms with Gasteiger partial charge in [0, 0.05) is 19.3 Å². The fraction of sp³-hybridized carbons (Fsp3) is 0.750. The summed E-state index contributed by atoms with van der Waals surface area (Å²) in [5.41, 5.74) is 0. The molecule has 0 aromatic rings. The Morgan fingerprint density at radius 3 is 1.10 bits per heavy atom. The highest BCUT2D eigenvalue weighted by Crippen LogP contribution is 2.14. The molecular formula is C52H90O6. The van der Waals surface area contributed by atoms with Gasteiger partial charge in [0.2, 0.25) is 0 Å². The Hall–Kier alpha value is -2.89. The molecule has 0 fully saturated rings. The largest absolute Gasteiger partial charge is 0.462 e. The predicted octanol–water partition coefficient (Wildman–Crippen LogP) is 15.7. The Bertz CT molecular complexity index is 1070. The molecule has 0 bridgehead atoms. The molecule has 0 heterocycles. The highest BCUT2D eigenvalue weighted by atomic mass is 16.6. The van der Waals surface area contributed by atoms with E-state index >= 15 is 0 Å². The standard InChI is InChI=1S/C52H90O6/c1-4-7-10-13-16-19-22-24-26-28-30-33-36-39-42-45-51(54)57-48-49(47-56-50(53)44-41-38-35-32-29-21-18-15-12-9-6-3)58-52(55)46-43-40-37-34-31-27-25-23-20-17-14-11-8-5-2/h7,10,14,16-17,19,23-26,49H,4-6,8-9,11-13,15,18,20-22,27-48H2,1-3H3/b10-7-,17-14-,19-16-,25-23-,26-24-/t49-/m1/s1. The first-order valence-corrected chi connectivity index (χ1v) is 24.3. The van der Waals surface area contributed by atoms with Crippen LogP contribution in [0, 0.1) is 0 Å². The van der Waals surface area contributed by atoms with Gasteiger partial charge in [-0.3, -0.25) is 14.4 Å². The van der Waals surface area contributed by atoms with Crippen molar-refractivity contribution < 1.29 is 28.6 Å². The highest BCUT2D eigenvalue weighted by molar-refractivity contribution is 5.71. The summed E-state index contributed by atoms with van der Waals surface area (Å²) in [6.07, 6.45) is 56.2. The van der Waals surface area contributed by atoms with Gasteiger partial charge in [0.25, 0.3) is 0 Å². The second-order valence-corrected chi connectivity index (χ2v) is 16.0. The molecule has 6 nitrogen and oxygen atoms in total. The summed E-state index contributed by atoms with van der Waals surface area (Å²) in [6, 6.07) is 0. The van der Waals surface area contributed by atoms with Crippen LogP contribution in [0.3, 0.4) is 0 Å². The molecule has 334 valence electrons. The van der Waals surface area contributed by atoms with E-state index in [1.165, 1.54) is 70.6 Å². The maximum absolute atomic E-state index is 12.7. The predicted molar refractivity (Wildman–Crippen MR) is 247 cm³/mol. The van der Waals surface area contributed by atoms with Crippen molar-refractivity contribution in [2.24, 2.45) is 0 Å². The van der Waals surface area contributed by atoms with Crippen LogP contribution in [0.5, 0.6) is 0 Å². The van der Waals surface area contributed by atoms with Crippen LogP contribution in [-0.4, -0.2) is 37.2 Å². The molecule has 58 heavy (non-hydrogen) atoms. The number of carbonyl (C=O) groups is 3. The van der Waals surface area contributed by atoms with Gasteiger partial charge in [-0.05, 0) is 77.0 Å². The number of rotatable bonds is 43. The second-order valence-electron chi connectivity index (χ2n) is 16.0. The van der Waals surface area contributed by atoms with E-state index in [4.69, 9.17) is 14.2 Å². The van der Waals surface area contributed by atoms with Gasteiger partial charge in [-0.25, -0.2) is 0 Å². The lowest BCUT2D eigenvalue weighted by molar-refractivity contribution is -0.167.